The lowest BCUT2D eigenvalue weighted by Crippen LogP contribution is -2.43. The number of pyridine rings is 1. The number of aromatic carboxylic acids is 1. The van der Waals surface area contributed by atoms with Crippen LogP contribution in [-0.2, 0) is 11.3 Å². The monoisotopic (exact) mass is 292 g/mol. The minimum absolute atomic E-state index is 0.0437. The first-order valence-corrected chi connectivity index (χ1v) is 6.54. The average molecular weight is 292 g/mol. The van der Waals surface area contributed by atoms with Crippen LogP contribution >= 0.6 is 0 Å². The Labute approximate surface area is 121 Å². The van der Waals surface area contributed by atoms with E-state index in [9.17, 15) is 14.4 Å². The van der Waals surface area contributed by atoms with Crippen LogP contribution in [-0.4, -0.2) is 52.5 Å². The van der Waals surface area contributed by atoms with Crippen molar-refractivity contribution in [1.82, 2.24) is 20.5 Å². The first-order valence-electron chi connectivity index (χ1n) is 6.54. The molecule has 0 spiro atoms. The molecular weight excluding hydrogens is 276 g/mol. The van der Waals surface area contributed by atoms with E-state index in [4.69, 9.17) is 5.11 Å². The van der Waals surface area contributed by atoms with E-state index in [-0.39, 0.29) is 30.7 Å². The highest BCUT2D eigenvalue weighted by Gasteiger charge is 2.19. The summed E-state index contributed by atoms with van der Waals surface area (Å²) >= 11 is 0. The number of carboxylic acids is 1. The molecule has 1 aliphatic heterocycles. The molecular formula is C13H16N4O4. The van der Waals surface area contributed by atoms with Crippen molar-refractivity contribution in [3.63, 3.8) is 0 Å². The Balaban J connectivity index is 1.88. The molecule has 1 aromatic rings. The van der Waals surface area contributed by atoms with Crippen molar-refractivity contribution in [3.05, 3.63) is 29.6 Å². The van der Waals surface area contributed by atoms with Crippen LogP contribution in [0.15, 0.2) is 18.3 Å². The van der Waals surface area contributed by atoms with Crippen LogP contribution in [0, 0.1) is 0 Å². The lowest BCUT2D eigenvalue weighted by molar-refractivity contribution is -0.121. The summed E-state index contributed by atoms with van der Waals surface area (Å²) in [5.74, 6) is -1.27. The van der Waals surface area contributed by atoms with Crippen molar-refractivity contribution in [2.24, 2.45) is 0 Å². The molecule has 3 N–H and O–H groups in total. The predicted octanol–water partition coefficient (Wildman–Crippen LogP) is -0.189. The maximum atomic E-state index is 12.0. The van der Waals surface area contributed by atoms with Crippen molar-refractivity contribution in [3.8, 4) is 0 Å². The fourth-order valence-electron chi connectivity index (χ4n) is 1.92. The summed E-state index contributed by atoms with van der Waals surface area (Å²) in [6.45, 7) is 1.36. The molecule has 112 valence electrons. The van der Waals surface area contributed by atoms with E-state index in [1.807, 2.05) is 0 Å². The second kappa shape index (κ2) is 6.69. The van der Waals surface area contributed by atoms with Gasteiger partial charge in [0.2, 0.25) is 5.91 Å². The fourth-order valence-corrected chi connectivity index (χ4v) is 1.92. The molecule has 1 aliphatic rings. The van der Waals surface area contributed by atoms with Gasteiger partial charge < -0.3 is 20.6 Å². The third-order valence-corrected chi connectivity index (χ3v) is 3.04. The van der Waals surface area contributed by atoms with Crippen molar-refractivity contribution < 1.29 is 19.5 Å². The summed E-state index contributed by atoms with van der Waals surface area (Å²) in [5.41, 5.74) is 0.641. The van der Waals surface area contributed by atoms with E-state index in [0.29, 0.717) is 25.1 Å². The zero-order valence-corrected chi connectivity index (χ0v) is 11.3. The minimum Gasteiger partial charge on any atom is -0.477 e. The van der Waals surface area contributed by atoms with Crippen molar-refractivity contribution in [1.29, 1.82) is 0 Å². The molecule has 0 radical (unpaired) electrons. The average Bonchev–Trinajstić information content (AvgIpc) is 2.70. The third-order valence-electron chi connectivity index (χ3n) is 3.04. The number of carbonyl (C=O) groups is 3. The number of nitrogens with one attached hydrogen (secondary N) is 2. The van der Waals surface area contributed by atoms with Crippen molar-refractivity contribution in [2.45, 2.75) is 13.0 Å². The van der Waals surface area contributed by atoms with Gasteiger partial charge in [0.05, 0.1) is 0 Å². The highest BCUT2D eigenvalue weighted by Crippen LogP contribution is 2.02. The molecule has 2 heterocycles. The zero-order chi connectivity index (χ0) is 15.2. The number of carbonyl (C=O) groups excluding carboxylic acids is 2. The summed E-state index contributed by atoms with van der Waals surface area (Å²) in [5, 5.41) is 14.1. The number of hydrogen-bond donors (Lipinski definition) is 3. The van der Waals surface area contributed by atoms with Crippen LogP contribution in [0.2, 0.25) is 0 Å². The molecule has 0 unspecified atom stereocenters. The van der Waals surface area contributed by atoms with Gasteiger partial charge in [0, 0.05) is 25.8 Å². The van der Waals surface area contributed by atoms with E-state index in [1.165, 1.54) is 17.2 Å². The van der Waals surface area contributed by atoms with Crippen LogP contribution < -0.4 is 10.6 Å². The second-order valence-electron chi connectivity index (χ2n) is 4.64. The van der Waals surface area contributed by atoms with Gasteiger partial charge in [-0.3, -0.25) is 4.79 Å². The van der Waals surface area contributed by atoms with Gasteiger partial charge in [-0.25, -0.2) is 14.6 Å². The Hall–Kier alpha value is -2.64. The van der Waals surface area contributed by atoms with E-state index in [1.54, 1.807) is 6.07 Å². The number of aromatic nitrogens is 1. The first-order chi connectivity index (χ1) is 10.1. The van der Waals surface area contributed by atoms with Gasteiger partial charge >= 0.3 is 12.0 Å². The van der Waals surface area contributed by atoms with Crippen LogP contribution in [0.5, 0.6) is 0 Å². The number of carboxylic acid groups (broad SMARTS) is 1. The molecule has 8 heteroatoms. The molecule has 8 nitrogen and oxygen atoms in total. The lowest BCUT2D eigenvalue weighted by atomic mass is 10.2. The van der Waals surface area contributed by atoms with Gasteiger partial charge in [0.1, 0.15) is 12.2 Å². The van der Waals surface area contributed by atoms with Gasteiger partial charge in [0.15, 0.2) is 0 Å². The van der Waals surface area contributed by atoms with Gasteiger partial charge in [-0.05, 0) is 18.1 Å². The molecule has 0 saturated carbocycles. The first kappa shape index (κ1) is 14.8. The Morgan fingerprint density at radius 3 is 2.90 bits per heavy atom. The number of nitrogens with zero attached hydrogens (tertiary/aromatic N) is 2. The minimum atomic E-state index is -1.10. The Bertz CT molecular complexity index is 544. The topological polar surface area (TPSA) is 112 Å². The van der Waals surface area contributed by atoms with Crippen LogP contribution in [0.25, 0.3) is 0 Å². The fraction of sp³-hybridized carbons (Fsp3) is 0.385. The Morgan fingerprint density at radius 2 is 2.24 bits per heavy atom. The van der Waals surface area contributed by atoms with Gasteiger partial charge in [-0.2, -0.15) is 0 Å². The summed E-state index contributed by atoms with van der Waals surface area (Å²) in [4.78, 5) is 39.2. The molecule has 0 aromatic carbocycles. The summed E-state index contributed by atoms with van der Waals surface area (Å²) < 4.78 is 0. The highest BCUT2D eigenvalue weighted by atomic mass is 16.4. The molecule has 0 atom stereocenters. The molecule has 0 aliphatic carbocycles. The highest BCUT2D eigenvalue weighted by molar-refractivity contribution is 5.85. The number of amides is 3. The number of hydrogen-bond acceptors (Lipinski definition) is 4. The summed E-state index contributed by atoms with van der Waals surface area (Å²) in [7, 11) is 0. The number of rotatable bonds is 3. The van der Waals surface area contributed by atoms with Crippen LogP contribution in [0.3, 0.4) is 0 Å². The van der Waals surface area contributed by atoms with Gasteiger partial charge in [0.25, 0.3) is 0 Å². The molecule has 2 rings (SSSR count). The predicted molar refractivity (Wildman–Crippen MR) is 72.6 cm³/mol. The van der Waals surface area contributed by atoms with Crippen molar-refractivity contribution >= 4 is 17.9 Å². The maximum Gasteiger partial charge on any atom is 0.354 e. The molecule has 1 saturated heterocycles. The molecule has 1 fully saturated rings. The molecule has 3 amide bonds. The molecule has 21 heavy (non-hydrogen) atoms. The third kappa shape index (κ3) is 4.16. The van der Waals surface area contributed by atoms with Gasteiger partial charge in [-0.1, -0.05) is 6.07 Å². The van der Waals surface area contributed by atoms with Crippen LogP contribution in [0.4, 0.5) is 4.79 Å². The largest absolute Gasteiger partial charge is 0.477 e. The van der Waals surface area contributed by atoms with E-state index >= 15 is 0 Å². The molecule has 0 bridgehead atoms. The van der Waals surface area contributed by atoms with E-state index in [2.05, 4.69) is 15.6 Å². The standard InChI is InChI=1S/C13H16N4O4/c18-11-8-17(5-1-4-14-11)13(21)16-7-9-2-3-10(12(19)20)15-6-9/h2-3,6H,1,4-5,7-8H2,(H,14,18)(H,16,21)(H,19,20). The summed E-state index contributed by atoms with van der Waals surface area (Å²) in [6.07, 6.45) is 2.12. The quantitative estimate of drug-likeness (QED) is 0.715. The molecule has 1 aromatic heterocycles. The van der Waals surface area contributed by atoms with Gasteiger partial charge in [-0.15, -0.1) is 0 Å². The van der Waals surface area contributed by atoms with E-state index < -0.39 is 5.97 Å². The Morgan fingerprint density at radius 1 is 1.43 bits per heavy atom. The smallest absolute Gasteiger partial charge is 0.354 e. The van der Waals surface area contributed by atoms with Crippen molar-refractivity contribution in [2.75, 3.05) is 19.6 Å². The summed E-state index contributed by atoms with van der Waals surface area (Å²) in [6, 6.07) is 2.64. The lowest BCUT2D eigenvalue weighted by Gasteiger charge is -2.19. The number of urea groups is 1. The van der Waals surface area contributed by atoms with E-state index in [0.717, 1.165) is 0 Å². The Kier molecular flexibility index (Phi) is 4.70. The SMILES string of the molecule is O=C1CN(C(=O)NCc2ccc(C(=O)O)nc2)CCCN1. The normalized spacial score (nSPS) is 15.0. The maximum absolute atomic E-state index is 12.0. The zero-order valence-electron chi connectivity index (χ0n) is 11.3. The second-order valence-corrected chi connectivity index (χ2v) is 4.64. The van der Waals surface area contributed by atoms with Crippen LogP contribution in [0.1, 0.15) is 22.5 Å².